The summed E-state index contributed by atoms with van der Waals surface area (Å²) in [6.45, 7) is 0. The second kappa shape index (κ2) is 6.44. The van der Waals surface area contributed by atoms with Crippen molar-refractivity contribution < 1.29 is 0 Å². The molecule has 0 saturated carbocycles. The SMILES string of the molecule is c1ccc2cc3c(cc2c1)c1cccc2c4cc5c6cccc7c8ccc9ccccc9c8n(c5cc4n3c12)c67. The van der Waals surface area contributed by atoms with Crippen LogP contribution in [0.2, 0.25) is 0 Å². The van der Waals surface area contributed by atoms with E-state index < -0.39 is 0 Å². The van der Waals surface area contributed by atoms with Crippen molar-refractivity contribution in [3.05, 3.63) is 121 Å². The highest BCUT2D eigenvalue weighted by atomic mass is 14.9. The molecule has 0 unspecified atom stereocenters. The monoisotopic (exact) mass is 504 g/mol. The van der Waals surface area contributed by atoms with E-state index >= 15 is 0 Å². The van der Waals surface area contributed by atoms with Crippen LogP contribution in [0.25, 0.3) is 97.7 Å². The lowest BCUT2D eigenvalue weighted by Gasteiger charge is -2.04. The highest BCUT2D eigenvalue weighted by molar-refractivity contribution is 6.31. The van der Waals surface area contributed by atoms with Gasteiger partial charge < -0.3 is 8.80 Å². The number of hydrogen-bond acceptors (Lipinski definition) is 0. The molecule has 0 spiro atoms. The van der Waals surface area contributed by atoms with Crippen molar-refractivity contribution in [3.8, 4) is 0 Å². The summed E-state index contributed by atoms with van der Waals surface area (Å²) in [7, 11) is 0. The summed E-state index contributed by atoms with van der Waals surface area (Å²) in [5.74, 6) is 0. The lowest BCUT2D eigenvalue weighted by atomic mass is 10.0. The number of para-hydroxylation sites is 2. The standard InChI is InChI=1S/C38H20N2/c1-2-9-23-18-33-30(17-22(23)8-1)26-12-6-13-27-31-19-32-28-14-5-11-25-29-16-15-21-7-3-4-10-24(21)36(29)40(38(25)28)35(32)20-34(31)39(33)37(26)27/h1-20H. The zero-order chi connectivity index (χ0) is 25.7. The van der Waals surface area contributed by atoms with Crippen LogP contribution in [0.5, 0.6) is 0 Å². The average molecular weight is 505 g/mol. The predicted octanol–water partition coefficient (Wildman–Crippen LogP) is 10.3. The van der Waals surface area contributed by atoms with E-state index in [1.165, 1.54) is 97.7 Å². The summed E-state index contributed by atoms with van der Waals surface area (Å²) in [4.78, 5) is 0. The van der Waals surface area contributed by atoms with Gasteiger partial charge in [-0.2, -0.15) is 0 Å². The first-order valence-corrected chi connectivity index (χ1v) is 14.0. The van der Waals surface area contributed by atoms with Gasteiger partial charge in [0.25, 0.3) is 0 Å². The molecule has 0 radical (unpaired) electrons. The van der Waals surface area contributed by atoms with E-state index in [1.807, 2.05) is 0 Å². The van der Waals surface area contributed by atoms with Crippen LogP contribution in [0.4, 0.5) is 0 Å². The lowest BCUT2D eigenvalue weighted by molar-refractivity contribution is 1.36. The first-order valence-electron chi connectivity index (χ1n) is 14.0. The summed E-state index contributed by atoms with van der Waals surface area (Å²) in [5.41, 5.74) is 7.80. The molecule has 2 heteroatoms. The predicted molar refractivity (Wildman–Crippen MR) is 171 cm³/mol. The summed E-state index contributed by atoms with van der Waals surface area (Å²) in [5, 5.41) is 15.8. The van der Waals surface area contributed by atoms with Gasteiger partial charge in [0.1, 0.15) is 0 Å². The number of nitrogens with zero attached hydrogens (tertiary/aromatic N) is 2. The van der Waals surface area contributed by atoms with Crippen molar-refractivity contribution in [1.82, 2.24) is 8.80 Å². The topological polar surface area (TPSA) is 8.82 Å². The van der Waals surface area contributed by atoms with Gasteiger partial charge in [-0.3, -0.25) is 0 Å². The van der Waals surface area contributed by atoms with Gasteiger partial charge in [0.2, 0.25) is 0 Å². The largest absolute Gasteiger partial charge is 0.308 e. The van der Waals surface area contributed by atoms with Crippen molar-refractivity contribution in [3.63, 3.8) is 0 Å². The fraction of sp³-hybridized carbons (Fsp3) is 0. The minimum absolute atomic E-state index is 1.28. The number of benzene rings is 7. The minimum Gasteiger partial charge on any atom is -0.308 e. The van der Waals surface area contributed by atoms with Crippen LogP contribution in [0.1, 0.15) is 0 Å². The van der Waals surface area contributed by atoms with Crippen LogP contribution in [-0.4, -0.2) is 8.80 Å². The van der Waals surface area contributed by atoms with Gasteiger partial charge in [0.05, 0.1) is 33.1 Å². The van der Waals surface area contributed by atoms with Crippen LogP contribution < -0.4 is 0 Å². The van der Waals surface area contributed by atoms with Crippen molar-refractivity contribution in [2.75, 3.05) is 0 Å². The number of rotatable bonds is 0. The van der Waals surface area contributed by atoms with Crippen LogP contribution in [0.15, 0.2) is 121 Å². The summed E-state index contributed by atoms with van der Waals surface area (Å²) >= 11 is 0. The van der Waals surface area contributed by atoms with Crippen molar-refractivity contribution in [2.24, 2.45) is 0 Å². The quantitative estimate of drug-likeness (QED) is 0.194. The second-order valence-electron chi connectivity index (χ2n) is 11.4. The molecule has 40 heavy (non-hydrogen) atoms. The van der Waals surface area contributed by atoms with E-state index in [1.54, 1.807) is 0 Å². The minimum atomic E-state index is 1.28. The number of aromatic nitrogens is 2. The molecule has 11 rings (SSSR count). The molecule has 0 atom stereocenters. The molecule has 0 aliphatic carbocycles. The second-order valence-corrected chi connectivity index (χ2v) is 11.4. The lowest BCUT2D eigenvalue weighted by Crippen LogP contribution is -1.85. The van der Waals surface area contributed by atoms with Gasteiger partial charge in [0.15, 0.2) is 0 Å². The summed E-state index contributed by atoms with van der Waals surface area (Å²) in [6, 6.07) is 45.4. The van der Waals surface area contributed by atoms with E-state index in [2.05, 4.69) is 130 Å². The Bertz CT molecular complexity index is 2860. The molecule has 11 aromatic rings. The van der Waals surface area contributed by atoms with Crippen LogP contribution in [0.3, 0.4) is 0 Å². The Kier molecular flexibility index (Phi) is 3.17. The highest BCUT2D eigenvalue weighted by Gasteiger charge is 2.22. The first kappa shape index (κ1) is 19.7. The molecule has 0 saturated heterocycles. The molecule has 0 aliphatic heterocycles. The molecule has 2 nitrogen and oxygen atoms in total. The van der Waals surface area contributed by atoms with Crippen molar-refractivity contribution >= 4 is 97.7 Å². The van der Waals surface area contributed by atoms with Gasteiger partial charge in [-0.15, -0.1) is 0 Å². The average Bonchev–Trinajstić information content (AvgIpc) is 3.72. The summed E-state index contributed by atoms with van der Waals surface area (Å²) < 4.78 is 5.06. The maximum absolute atomic E-state index is 2.54. The molecule has 0 bridgehead atoms. The molecule has 0 aliphatic rings. The number of hydrogen-bond donors (Lipinski definition) is 0. The molecular weight excluding hydrogens is 484 g/mol. The van der Waals surface area contributed by atoms with E-state index in [9.17, 15) is 0 Å². The Morgan fingerprint density at radius 2 is 0.750 bits per heavy atom. The van der Waals surface area contributed by atoms with Gasteiger partial charge >= 0.3 is 0 Å². The first-order chi connectivity index (χ1) is 19.8. The van der Waals surface area contributed by atoms with E-state index in [0.717, 1.165) is 0 Å². The van der Waals surface area contributed by atoms with Crippen molar-refractivity contribution in [1.29, 1.82) is 0 Å². The molecule has 0 N–H and O–H groups in total. The molecule has 4 heterocycles. The third-order valence-corrected chi connectivity index (χ3v) is 9.50. The Balaban J connectivity index is 1.44. The van der Waals surface area contributed by atoms with Gasteiger partial charge in [0, 0.05) is 48.5 Å². The zero-order valence-electron chi connectivity index (χ0n) is 21.4. The van der Waals surface area contributed by atoms with Crippen LogP contribution in [0, 0.1) is 0 Å². The summed E-state index contributed by atoms with van der Waals surface area (Å²) in [6.07, 6.45) is 0. The molecule has 0 fully saturated rings. The Labute approximate surface area is 227 Å². The molecule has 0 amide bonds. The van der Waals surface area contributed by atoms with Gasteiger partial charge in [-0.05, 0) is 40.4 Å². The van der Waals surface area contributed by atoms with E-state index in [0.29, 0.717) is 0 Å². The Morgan fingerprint density at radius 3 is 1.50 bits per heavy atom. The van der Waals surface area contributed by atoms with E-state index in [-0.39, 0.29) is 0 Å². The maximum Gasteiger partial charge on any atom is 0.0620 e. The van der Waals surface area contributed by atoms with Gasteiger partial charge in [-0.25, -0.2) is 0 Å². The molecule has 4 aromatic heterocycles. The fourth-order valence-electron chi connectivity index (χ4n) is 7.88. The fourth-order valence-corrected chi connectivity index (χ4v) is 7.88. The molecular formula is C38H20N2. The van der Waals surface area contributed by atoms with E-state index in [4.69, 9.17) is 0 Å². The smallest absolute Gasteiger partial charge is 0.0620 e. The highest BCUT2D eigenvalue weighted by Crippen LogP contribution is 2.45. The number of fused-ring (bicyclic) bond motifs is 15. The molecule has 7 aromatic carbocycles. The van der Waals surface area contributed by atoms with Crippen LogP contribution in [-0.2, 0) is 0 Å². The molecule has 182 valence electrons. The third kappa shape index (κ3) is 2.07. The van der Waals surface area contributed by atoms with Crippen LogP contribution >= 0.6 is 0 Å². The normalized spacial score (nSPS) is 13.0. The van der Waals surface area contributed by atoms with Crippen molar-refractivity contribution in [2.45, 2.75) is 0 Å². The maximum atomic E-state index is 2.54. The Morgan fingerprint density at radius 1 is 0.275 bits per heavy atom. The zero-order valence-corrected chi connectivity index (χ0v) is 21.4. The Hall–Kier alpha value is -5.34. The van der Waals surface area contributed by atoms with Gasteiger partial charge in [-0.1, -0.05) is 97.1 Å². The third-order valence-electron chi connectivity index (χ3n) is 9.50.